The third-order valence-electron chi connectivity index (χ3n) is 3.45. The first-order valence-corrected chi connectivity index (χ1v) is 7.91. The molecule has 0 radical (unpaired) electrons. The van der Waals surface area contributed by atoms with Crippen molar-refractivity contribution in [1.29, 1.82) is 0 Å². The van der Waals surface area contributed by atoms with Crippen molar-refractivity contribution >= 4 is 37.6 Å². The lowest BCUT2D eigenvalue weighted by molar-refractivity contribution is -0.0317. The average Bonchev–Trinajstić information content (AvgIpc) is 2.14. The number of hydrogen-bond donors (Lipinski definition) is 1. The van der Waals surface area contributed by atoms with Crippen LogP contribution in [0.5, 0.6) is 0 Å². The Bertz CT molecular complexity index is 573. The monoisotopic (exact) mass is 336 g/mol. The number of hydrogen-bond acceptors (Lipinski definition) is 3. The molecule has 3 fully saturated rings. The van der Waals surface area contributed by atoms with E-state index in [0.717, 1.165) is 19.3 Å². The number of halogens is 2. The van der Waals surface area contributed by atoms with E-state index in [9.17, 15) is 8.42 Å². The number of pyridine rings is 1. The number of rotatable bonds is 3. The maximum absolute atomic E-state index is 12.2. The van der Waals surface area contributed by atoms with Gasteiger partial charge in [0.15, 0.2) is 0 Å². The maximum atomic E-state index is 12.2. The topological polar surface area (TPSA) is 59.1 Å². The van der Waals surface area contributed by atoms with Crippen LogP contribution in [0, 0.1) is 5.92 Å². The van der Waals surface area contributed by atoms with Crippen molar-refractivity contribution in [1.82, 2.24) is 9.71 Å². The summed E-state index contributed by atoms with van der Waals surface area (Å²) in [4.78, 5) is 3.87. The van der Waals surface area contributed by atoms with E-state index in [4.69, 9.17) is 11.6 Å². The SMILES string of the molecule is O=S(=O)(NC12CC(C1)C2)c1cc(Br)cnc1Cl. The van der Waals surface area contributed by atoms with Gasteiger partial charge in [-0.1, -0.05) is 11.6 Å². The van der Waals surface area contributed by atoms with Crippen molar-refractivity contribution in [3.05, 3.63) is 21.9 Å². The van der Waals surface area contributed by atoms with Crippen LogP contribution in [0.2, 0.25) is 5.15 Å². The van der Waals surface area contributed by atoms with Gasteiger partial charge in [0.25, 0.3) is 0 Å². The largest absolute Gasteiger partial charge is 0.244 e. The summed E-state index contributed by atoms with van der Waals surface area (Å²) in [5.74, 6) is 0.716. The number of sulfonamides is 1. The molecule has 3 aliphatic carbocycles. The summed E-state index contributed by atoms with van der Waals surface area (Å²) in [6.07, 6.45) is 4.32. The van der Waals surface area contributed by atoms with Crippen molar-refractivity contribution in [3.8, 4) is 0 Å². The van der Waals surface area contributed by atoms with Crippen molar-refractivity contribution in [2.24, 2.45) is 5.92 Å². The molecule has 3 aliphatic rings. The lowest BCUT2D eigenvalue weighted by Gasteiger charge is -2.61. The number of nitrogens with one attached hydrogen (secondary N) is 1. The van der Waals surface area contributed by atoms with Gasteiger partial charge >= 0.3 is 0 Å². The third kappa shape index (κ3) is 1.91. The first-order valence-electron chi connectivity index (χ1n) is 5.25. The molecule has 0 aliphatic heterocycles. The molecule has 1 aromatic rings. The highest BCUT2D eigenvalue weighted by Gasteiger charge is 2.58. The molecule has 3 saturated carbocycles. The van der Waals surface area contributed by atoms with E-state index in [1.165, 1.54) is 12.3 Å². The molecule has 4 rings (SSSR count). The Morgan fingerprint density at radius 3 is 2.65 bits per heavy atom. The quantitative estimate of drug-likeness (QED) is 0.861. The van der Waals surface area contributed by atoms with Crippen molar-refractivity contribution < 1.29 is 8.42 Å². The van der Waals surface area contributed by atoms with Crippen molar-refractivity contribution in [3.63, 3.8) is 0 Å². The fourth-order valence-electron chi connectivity index (χ4n) is 2.54. The Labute approximate surface area is 113 Å². The highest BCUT2D eigenvalue weighted by molar-refractivity contribution is 9.10. The lowest BCUT2D eigenvalue weighted by atomic mass is 9.50. The van der Waals surface area contributed by atoms with Crippen LogP contribution in [-0.2, 0) is 10.0 Å². The molecular formula is C10H10BrClN2O2S. The molecule has 4 nitrogen and oxygen atoms in total. The lowest BCUT2D eigenvalue weighted by Crippen LogP contribution is -2.67. The molecular weight excluding hydrogens is 328 g/mol. The fourth-order valence-corrected chi connectivity index (χ4v) is 4.91. The zero-order valence-corrected chi connectivity index (χ0v) is 11.9. The highest BCUT2D eigenvalue weighted by atomic mass is 79.9. The van der Waals surface area contributed by atoms with Gasteiger partial charge in [-0.15, -0.1) is 0 Å². The predicted octanol–water partition coefficient (Wildman–Crippen LogP) is 2.33. The first-order chi connectivity index (χ1) is 7.90. The molecule has 0 atom stereocenters. The summed E-state index contributed by atoms with van der Waals surface area (Å²) in [6.45, 7) is 0. The van der Waals surface area contributed by atoms with E-state index in [0.29, 0.717) is 10.4 Å². The minimum absolute atomic E-state index is 0.00676. The van der Waals surface area contributed by atoms with E-state index >= 15 is 0 Å². The van der Waals surface area contributed by atoms with Gasteiger partial charge < -0.3 is 0 Å². The van der Waals surface area contributed by atoms with Gasteiger partial charge in [0, 0.05) is 16.2 Å². The van der Waals surface area contributed by atoms with E-state index in [1.54, 1.807) is 0 Å². The summed E-state index contributed by atoms with van der Waals surface area (Å²) in [5, 5.41) is 0.00676. The molecule has 0 unspecified atom stereocenters. The average molecular weight is 338 g/mol. The zero-order chi connectivity index (χ0) is 12.3. The summed E-state index contributed by atoms with van der Waals surface area (Å²) < 4.78 is 27.7. The van der Waals surface area contributed by atoms with E-state index in [2.05, 4.69) is 25.6 Å². The Kier molecular flexibility index (Phi) is 2.56. The van der Waals surface area contributed by atoms with E-state index in [1.807, 2.05) is 0 Å². The molecule has 0 aromatic carbocycles. The molecule has 92 valence electrons. The molecule has 7 heteroatoms. The molecule has 0 saturated heterocycles. The minimum Gasteiger partial charge on any atom is -0.242 e. The highest BCUT2D eigenvalue weighted by Crippen LogP contribution is 2.57. The van der Waals surface area contributed by atoms with E-state index in [-0.39, 0.29) is 15.6 Å². The Morgan fingerprint density at radius 2 is 2.12 bits per heavy atom. The van der Waals surface area contributed by atoms with Gasteiger partial charge in [0.05, 0.1) is 0 Å². The molecule has 1 heterocycles. The normalized spacial score (nSPS) is 30.6. The van der Waals surface area contributed by atoms with E-state index < -0.39 is 10.0 Å². The summed E-state index contributed by atoms with van der Waals surface area (Å²) in [7, 11) is -3.57. The van der Waals surface area contributed by atoms with Gasteiger partial charge in [0.1, 0.15) is 10.0 Å². The van der Waals surface area contributed by atoms with Crippen molar-refractivity contribution in [2.75, 3.05) is 0 Å². The molecule has 2 bridgehead atoms. The van der Waals surface area contributed by atoms with Crippen LogP contribution in [0.15, 0.2) is 21.6 Å². The van der Waals surface area contributed by atoms with Crippen LogP contribution < -0.4 is 4.72 Å². The Balaban J connectivity index is 1.93. The minimum atomic E-state index is -3.57. The third-order valence-corrected chi connectivity index (χ3v) is 5.89. The van der Waals surface area contributed by atoms with Crippen LogP contribution in [0.3, 0.4) is 0 Å². The maximum Gasteiger partial charge on any atom is 0.244 e. The number of aromatic nitrogens is 1. The van der Waals surface area contributed by atoms with Gasteiger partial charge in [-0.05, 0) is 47.2 Å². The second kappa shape index (κ2) is 3.66. The molecule has 17 heavy (non-hydrogen) atoms. The van der Waals surface area contributed by atoms with Crippen LogP contribution >= 0.6 is 27.5 Å². The van der Waals surface area contributed by atoms with Gasteiger partial charge in [-0.3, -0.25) is 0 Å². The predicted molar refractivity (Wildman–Crippen MR) is 67.3 cm³/mol. The van der Waals surface area contributed by atoms with Crippen LogP contribution in [0.4, 0.5) is 0 Å². The smallest absolute Gasteiger partial charge is 0.242 e. The standard InChI is InChI=1S/C10H10BrClN2O2S/c11-7-1-8(9(12)13-5-7)17(15,16)14-10-2-6(3-10)4-10/h1,5-6,14H,2-4H2. The van der Waals surface area contributed by atoms with Gasteiger partial charge in [-0.2, -0.15) is 0 Å². The summed E-state index contributed by atoms with van der Waals surface area (Å²) in [6, 6.07) is 1.48. The van der Waals surface area contributed by atoms with Crippen LogP contribution in [-0.4, -0.2) is 18.9 Å². The fraction of sp³-hybridized carbons (Fsp3) is 0.500. The molecule has 0 spiro atoms. The van der Waals surface area contributed by atoms with Crippen LogP contribution in [0.1, 0.15) is 19.3 Å². The summed E-state index contributed by atoms with van der Waals surface area (Å²) >= 11 is 9.03. The molecule has 0 amide bonds. The second-order valence-electron chi connectivity index (χ2n) is 4.81. The first kappa shape index (κ1) is 11.9. The number of nitrogens with zero attached hydrogens (tertiary/aromatic N) is 1. The van der Waals surface area contributed by atoms with Gasteiger partial charge in [0.2, 0.25) is 10.0 Å². The zero-order valence-electron chi connectivity index (χ0n) is 8.78. The molecule has 1 aromatic heterocycles. The molecule has 1 N–H and O–H groups in total. The Hall–Kier alpha value is -0.170. The second-order valence-corrected chi connectivity index (χ2v) is 7.73. The Morgan fingerprint density at radius 1 is 1.47 bits per heavy atom. The van der Waals surface area contributed by atoms with Gasteiger partial charge in [-0.25, -0.2) is 18.1 Å². The summed E-state index contributed by atoms with van der Waals surface area (Å²) in [5.41, 5.74) is -0.199. The van der Waals surface area contributed by atoms with Crippen molar-refractivity contribution in [2.45, 2.75) is 29.7 Å². The van der Waals surface area contributed by atoms with Crippen LogP contribution in [0.25, 0.3) is 0 Å².